The Kier molecular flexibility index (Phi) is 68.1. The highest BCUT2D eigenvalue weighted by atomic mass is 16.6. The largest absolute Gasteiger partial charge is 0.462 e. The van der Waals surface area contributed by atoms with E-state index in [9.17, 15) is 14.7 Å². The molecule has 1 unspecified atom stereocenters. The fourth-order valence-electron chi connectivity index (χ4n) is 8.46. The number of hydrogen-bond acceptors (Lipinski definition) is 5. The number of allylic oxidation sites excluding steroid dienone is 38. The molecule has 0 amide bonds. The SMILES string of the molecule is CC/C=C\C/C=C\C/C=C\C/C=C\C/C=C\C/C=C\C/C=C\C/C=C\C/C=C\C/C=C\C/C=C\C/C=C\CCCCCCC(=O)OC(CO)COC(=O)CCCCCCCCCCC/C=C\C/C=C\C/C=C\C/C=C\C/C=C\C/C=C\C/C=C\CC. The van der Waals surface area contributed by atoms with E-state index in [1.807, 2.05) is 0 Å². The van der Waals surface area contributed by atoms with Gasteiger partial charge in [0.1, 0.15) is 6.61 Å². The van der Waals surface area contributed by atoms with Crippen LogP contribution in [0.25, 0.3) is 0 Å². The van der Waals surface area contributed by atoms with Gasteiger partial charge >= 0.3 is 11.9 Å². The van der Waals surface area contributed by atoms with E-state index in [0.29, 0.717) is 12.8 Å². The lowest BCUT2D eigenvalue weighted by Gasteiger charge is -2.15. The van der Waals surface area contributed by atoms with Crippen LogP contribution in [0.4, 0.5) is 0 Å². The molecule has 0 aromatic carbocycles. The zero-order valence-corrected chi connectivity index (χ0v) is 54.5. The molecule has 5 nitrogen and oxygen atoms in total. The molecular weight excluding hydrogens is 1050 g/mol. The van der Waals surface area contributed by atoms with Crippen LogP contribution in [0.3, 0.4) is 0 Å². The lowest BCUT2D eigenvalue weighted by atomic mass is 10.1. The molecule has 5 heteroatoms. The molecule has 0 heterocycles. The first-order valence-corrected chi connectivity index (χ1v) is 33.9. The second-order valence-electron chi connectivity index (χ2n) is 21.4. The maximum Gasteiger partial charge on any atom is 0.306 e. The monoisotopic (exact) mass is 1170 g/mol. The highest BCUT2D eigenvalue weighted by molar-refractivity contribution is 5.70. The number of carbonyl (C=O) groups excluding carboxylic acids is 2. The summed E-state index contributed by atoms with van der Waals surface area (Å²) in [4.78, 5) is 24.6. The molecule has 0 fully saturated rings. The predicted molar refractivity (Wildman–Crippen MR) is 379 cm³/mol. The number of hydrogen-bond donors (Lipinski definition) is 1. The summed E-state index contributed by atoms with van der Waals surface area (Å²) in [6.07, 6.45) is 120. The molecule has 0 aromatic heterocycles. The van der Waals surface area contributed by atoms with Crippen molar-refractivity contribution in [3.05, 3.63) is 231 Å². The molecule has 0 bridgehead atoms. The summed E-state index contributed by atoms with van der Waals surface area (Å²) in [6.45, 7) is 3.87. The van der Waals surface area contributed by atoms with Crippen molar-refractivity contribution in [2.24, 2.45) is 0 Å². The van der Waals surface area contributed by atoms with Crippen LogP contribution in [-0.4, -0.2) is 36.4 Å². The molecule has 0 saturated carbocycles. The first-order chi connectivity index (χ1) is 42.6. The van der Waals surface area contributed by atoms with Crippen molar-refractivity contribution in [1.29, 1.82) is 0 Å². The van der Waals surface area contributed by atoms with E-state index in [1.54, 1.807) is 0 Å². The zero-order valence-electron chi connectivity index (χ0n) is 54.5. The summed E-state index contributed by atoms with van der Waals surface area (Å²) in [5.41, 5.74) is 0. The Morgan fingerprint density at radius 3 is 0.698 bits per heavy atom. The third-order valence-corrected chi connectivity index (χ3v) is 13.5. The quantitative estimate of drug-likeness (QED) is 0.0373. The molecule has 0 aromatic rings. The van der Waals surface area contributed by atoms with E-state index in [4.69, 9.17) is 9.47 Å². The first-order valence-electron chi connectivity index (χ1n) is 33.9. The summed E-state index contributed by atoms with van der Waals surface area (Å²) < 4.78 is 10.7. The average Bonchev–Trinajstić information content (AvgIpc) is 3.54. The van der Waals surface area contributed by atoms with E-state index >= 15 is 0 Å². The Balaban J connectivity index is 3.68. The van der Waals surface area contributed by atoms with Crippen LogP contribution in [0.15, 0.2) is 231 Å². The number of rotatable bonds is 59. The summed E-state index contributed by atoms with van der Waals surface area (Å²) in [5, 5.41) is 9.69. The second kappa shape index (κ2) is 73.2. The minimum atomic E-state index is -0.809. The van der Waals surface area contributed by atoms with Crippen LogP contribution in [0, 0.1) is 0 Å². The number of ether oxygens (including phenoxy) is 2. The van der Waals surface area contributed by atoms with Crippen molar-refractivity contribution in [2.75, 3.05) is 13.2 Å². The van der Waals surface area contributed by atoms with Gasteiger partial charge in [0.05, 0.1) is 6.61 Å². The molecule has 0 aliphatic rings. The van der Waals surface area contributed by atoms with Crippen molar-refractivity contribution in [3.8, 4) is 0 Å². The lowest BCUT2D eigenvalue weighted by Crippen LogP contribution is -2.28. The highest BCUT2D eigenvalue weighted by Crippen LogP contribution is 2.13. The average molecular weight is 1180 g/mol. The number of carbonyl (C=O) groups is 2. The molecule has 0 radical (unpaired) electrons. The molecule has 86 heavy (non-hydrogen) atoms. The van der Waals surface area contributed by atoms with Crippen molar-refractivity contribution >= 4 is 11.9 Å². The number of aliphatic hydroxyl groups is 1. The molecule has 0 aliphatic heterocycles. The minimum absolute atomic E-state index is 0.0953. The van der Waals surface area contributed by atoms with Gasteiger partial charge in [-0.2, -0.15) is 0 Å². The van der Waals surface area contributed by atoms with Crippen molar-refractivity contribution in [2.45, 2.75) is 251 Å². The Labute approximate surface area is 528 Å². The van der Waals surface area contributed by atoms with Crippen LogP contribution >= 0.6 is 0 Å². The Morgan fingerprint density at radius 1 is 0.267 bits per heavy atom. The van der Waals surface area contributed by atoms with Gasteiger partial charge < -0.3 is 14.6 Å². The van der Waals surface area contributed by atoms with Crippen molar-refractivity contribution < 1.29 is 24.2 Å². The highest BCUT2D eigenvalue weighted by Gasteiger charge is 2.16. The van der Waals surface area contributed by atoms with Crippen molar-refractivity contribution in [1.82, 2.24) is 0 Å². The predicted octanol–water partition coefficient (Wildman–Crippen LogP) is 24.1. The first kappa shape index (κ1) is 80.0. The standard InChI is InChI=1S/C81H122O5/c1-3-5-7-9-11-13-15-17-19-21-23-25-27-29-31-33-35-36-37-38-39-40-41-42-43-44-46-48-50-52-54-56-58-60-62-64-66-68-70-72-74-76-81(84)86-79(77-82)78-85-80(83)75-73-71-69-67-65-63-61-59-57-55-53-51-49-47-45-34-32-30-28-26-24-22-20-18-16-14-12-10-8-6-4-2/h5-8,11-14,17-20,23-26,29-32,35-36,38-39,41-42,44-47,50-53,56,58,62,64,79,82H,3-4,9-10,15-16,21-22,27-28,33-34,37,40,43,48-49,54-55,57,59-61,63,65-78H2,1-2H3/b7-5-,8-6-,13-11-,14-12-,19-17-,20-18-,25-23-,26-24-,31-29-,32-30-,36-35-,39-38-,42-41-,46-44-,47-45-,52-50-,53-51-,58-56-,64-62-. The molecule has 0 spiro atoms. The second-order valence-corrected chi connectivity index (χ2v) is 21.4. The van der Waals surface area contributed by atoms with Gasteiger partial charge in [-0.25, -0.2) is 0 Å². The van der Waals surface area contributed by atoms with Gasteiger partial charge in [0.2, 0.25) is 0 Å². The van der Waals surface area contributed by atoms with Gasteiger partial charge in [0.15, 0.2) is 6.10 Å². The molecule has 1 atom stereocenters. The van der Waals surface area contributed by atoms with Gasteiger partial charge in [0.25, 0.3) is 0 Å². The van der Waals surface area contributed by atoms with E-state index < -0.39 is 6.10 Å². The van der Waals surface area contributed by atoms with Gasteiger partial charge in [0, 0.05) is 12.8 Å². The number of unbranched alkanes of at least 4 members (excludes halogenated alkanes) is 13. The van der Waals surface area contributed by atoms with Crippen LogP contribution < -0.4 is 0 Å². The molecule has 0 rings (SSSR count). The van der Waals surface area contributed by atoms with E-state index in [2.05, 4.69) is 245 Å². The molecular formula is C81H122O5. The summed E-state index contributed by atoms with van der Waals surface area (Å²) in [6, 6.07) is 0. The maximum atomic E-state index is 12.4. The van der Waals surface area contributed by atoms with Crippen LogP contribution in [-0.2, 0) is 19.1 Å². The van der Waals surface area contributed by atoms with Gasteiger partial charge in [-0.3, -0.25) is 9.59 Å². The third-order valence-electron chi connectivity index (χ3n) is 13.5. The Hall–Kier alpha value is -6.04. The van der Waals surface area contributed by atoms with Gasteiger partial charge in [-0.1, -0.05) is 303 Å². The summed E-state index contributed by atoms with van der Waals surface area (Å²) in [7, 11) is 0. The van der Waals surface area contributed by atoms with Crippen LogP contribution in [0.2, 0.25) is 0 Å². The molecule has 0 aliphatic carbocycles. The fraction of sp³-hybridized carbons (Fsp3) is 0.506. The Bertz CT molecular complexity index is 2110. The molecule has 476 valence electrons. The lowest BCUT2D eigenvalue weighted by molar-refractivity contribution is -0.161. The summed E-state index contributed by atoms with van der Waals surface area (Å²) in [5.74, 6) is -0.644. The van der Waals surface area contributed by atoms with E-state index in [1.165, 1.54) is 38.5 Å². The number of esters is 2. The van der Waals surface area contributed by atoms with Gasteiger partial charge in [-0.15, -0.1) is 0 Å². The molecule has 0 saturated heterocycles. The van der Waals surface area contributed by atoms with E-state index in [0.717, 1.165) is 180 Å². The maximum absolute atomic E-state index is 12.4. The Morgan fingerprint density at radius 2 is 0.465 bits per heavy atom. The normalized spacial score (nSPS) is 13.8. The van der Waals surface area contributed by atoms with Crippen molar-refractivity contribution in [3.63, 3.8) is 0 Å². The zero-order chi connectivity index (χ0) is 61.9. The number of aliphatic hydroxyl groups excluding tert-OH is 1. The topological polar surface area (TPSA) is 72.8 Å². The summed E-state index contributed by atoms with van der Waals surface area (Å²) >= 11 is 0. The van der Waals surface area contributed by atoms with Crippen LogP contribution in [0.5, 0.6) is 0 Å². The van der Waals surface area contributed by atoms with Crippen LogP contribution in [0.1, 0.15) is 245 Å². The smallest absolute Gasteiger partial charge is 0.306 e. The molecule has 1 N–H and O–H groups in total. The minimum Gasteiger partial charge on any atom is -0.462 e. The van der Waals surface area contributed by atoms with Gasteiger partial charge in [-0.05, 0) is 161 Å². The fourth-order valence-corrected chi connectivity index (χ4v) is 8.46. The van der Waals surface area contributed by atoms with E-state index in [-0.39, 0.29) is 25.2 Å². The third kappa shape index (κ3) is 70.4.